The molecule has 2 atom stereocenters. The molecule has 4 rings (SSSR count). The molecular formula is C26H25F3N2O2. The third kappa shape index (κ3) is 5.73. The molecule has 4 nitrogen and oxygen atoms in total. The molecule has 1 aliphatic heterocycles. The third-order valence-corrected chi connectivity index (χ3v) is 5.85. The number of benzene rings is 3. The molecule has 0 radical (unpaired) electrons. The van der Waals surface area contributed by atoms with E-state index in [-0.39, 0.29) is 30.1 Å². The van der Waals surface area contributed by atoms with Crippen molar-refractivity contribution in [3.63, 3.8) is 0 Å². The second kappa shape index (κ2) is 10.1. The van der Waals surface area contributed by atoms with Crippen molar-refractivity contribution >= 4 is 11.6 Å². The first kappa shape index (κ1) is 22.9. The highest BCUT2D eigenvalue weighted by Crippen LogP contribution is 2.36. The van der Waals surface area contributed by atoms with Crippen molar-refractivity contribution in [3.8, 4) is 5.75 Å². The van der Waals surface area contributed by atoms with Crippen molar-refractivity contribution in [2.75, 3.05) is 18.4 Å². The van der Waals surface area contributed by atoms with E-state index >= 15 is 0 Å². The van der Waals surface area contributed by atoms with Crippen LogP contribution in [0.25, 0.3) is 0 Å². The fourth-order valence-corrected chi connectivity index (χ4v) is 4.14. The van der Waals surface area contributed by atoms with Crippen LogP contribution in [0.3, 0.4) is 0 Å². The number of para-hydroxylation sites is 2. The Morgan fingerprint density at radius 3 is 2.39 bits per heavy atom. The fourth-order valence-electron chi connectivity index (χ4n) is 4.14. The lowest BCUT2D eigenvalue weighted by Crippen LogP contribution is -2.42. The Kier molecular flexibility index (Phi) is 6.99. The topological polar surface area (TPSA) is 50.4 Å². The highest BCUT2D eigenvalue weighted by molar-refractivity contribution is 5.93. The van der Waals surface area contributed by atoms with E-state index in [1.807, 2.05) is 54.6 Å². The van der Waals surface area contributed by atoms with Crippen LogP contribution in [0, 0.1) is 5.92 Å². The number of nitrogens with one attached hydrogen (secondary N) is 2. The normalized spacial score (nSPS) is 18.5. The van der Waals surface area contributed by atoms with Crippen molar-refractivity contribution in [3.05, 3.63) is 95.6 Å². The van der Waals surface area contributed by atoms with E-state index in [1.54, 1.807) is 0 Å². The van der Waals surface area contributed by atoms with Crippen LogP contribution in [-0.2, 0) is 17.6 Å². The average Bonchev–Trinajstić information content (AvgIpc) is 2.83. The van der Waals surface area contributed by atoms with Crippen LogP contribution in [0.5, 0.6) is 5.75 Å². The van der Waals surface area contributed by atoms with E-state index in [9.17, 15) is 18.0 Å². The number of amides is 1. The molecule has 0 saturated carbocycles. The number of alkyl halides is 3. The van der Waals surface area contributed by atoms with Crippen molar-refractivity contribution in [2.45, 2.75) is 25.1 Å². The Hall–Kier alpha value is -3.32. The Morgan fingerprint density at radius 1 is 0.970 bits per heavy atom. The molecular weight excluding hydrogens is 429 g/mol. The molecule has 1 heterocycles. The van der Waals surface area contributed by atoms with Gasteiger partial charge < -0.3 is 15.4 Å². The zero-order chi connectivity index (χ0) is 23.3. The van der Waals surface area contributed by atoms with E-state index in [0.717, 1.165) is 35.8 Å². The third-order valence-electron chi connectivity index (χ3n) is 5.85. The first-order valence-electron chi connectivity index (χ1n) is 10.9. The number of halogens is 3. The van der Waals surface area contributed by atoms with Gasteiger partial charge in [0, 0.05) is 12.2 Å². The molecule has 33 heavy (non-hydrogen) atoms. The predicted octanol–water partition coefficient (Wildman–Crippen LogP) is 5.62. The van der Waals surface area contributed by atoms with Gasteiger partial charge in [-0.2, -0.15) is 13.2 Å². The van der Waals surface area contributed by atoms with Gasteiger partial charge in [0.05, 0.1) is 11.5 Å². The first-order chi connectivity index (χ1) is 15.9. The standard InChI is InChI=1S/C26H25F3N2O2/c27-26(28,29)23-8-4-5-9-24(23)33-17-18-10-12-19(13-11-18)21-14-15-30-16-22(21)25(32)31-20-6-2-1-3-7-20/h1-13,21-22,30H,14-17H2,(H,31,32). The summed E-state index contributed by atoms with van der Waals surface area (Å²) in [4.78, 5) is 12.9. The number of ether oxygens (including phenoxy) is 1. The smallest absolute Gasteiger partial charge is 0.419 e. The van der Waals surface area contributed by atoms with Gasteiger partial charge in [-0.1, -0.05) is 54.6 Å². The van der Waals surface area contributed by atoms with Gasteiger partial charge in [-0.05, 0) is 54.3 Å². The summed E-state index contributed by atoms with van der Waals surface area (Å²) in [5, 5.41) is 6.28. The van der Waals surface area contributed by atoms with Gasteiger partial charge in [0.2, 0.25) is 5.91 Å². The quantitative estimate of drug-likeness (QED) is 0.509. The number of hydrogen-bond acceptors (Lipinski definition) is 3. The van der Waals surface area contributed by atoms with Crippen LogP contribution in [-0.4, -0.2) is 19.0 Å². The van der Waals surface area contributed by atoms with E-state index in [1.165, 1.54) is 18.2 Å². The molecule has 1 amide bonds. The minimum Gasteiger partial charge on any atom is -0.488 e. The molecule has 1 fully saturated rings. The van der Waals surface area contributed by atoms with E-state index in [2.05, 4.69) is 10.6 Å². The Balaban J connectivity index is 1.43. The minimum absolute atomic E-state index is 0.0253. The summed E-state index contributed by atoms with van der Waals surface area (Å²) < 4.78 is 44.9. The molecule has 2 N–H and O–H groups in total. The molecule has 0 aromatic heterocycles. The Labute approximate surface area is 190 Å². The van der Waals surface area contributed by atoms with Crippen LogP contribution in [0.15, 0.2) is 78.9 Å². The summed E-state index contributed by atoms with van der Waals surface area (Å²) in [5.74, 6) is -0.393. The lowest BCUT2D eigenvalue weighted by Gasteiger charge is -2.31. The van der Waals surface area contributed by atoms with Gasteiger partial charge in [0.1, 0.15) is 12.4 Å². The molecule has 0 bridgehead atoms. The molecule has 7 heteroatoms. The van der Waals surface area contributed by atoms with Crippen molar-refractivity contribution < 1.29 is 22.7 Å². The maximum Gasteiger partial charge on any atom is 0.419 e. The molecule has 0 aliphatic carbocycles. The Morgan fingerprint density at radius 2 is 1.67 bits per heavy atom. The molecule has 172 valence electrons. The highest BCUT2D eigenvalue weighted by Gasteiger charge is 2.34. The van der Waals surface area contributed by atoms with Crippen LogP contribution in [0.2, 0.25) is 0 Å². The summed E-state index contributed by atoms with van der Waals surface area (Å²) in [6.07, 6.45) is -3.65. The summed E-state index contributed by atoms with van der Waals surface area (Å²) in [6, 6.07) is 22.1. The van der Waals surface area contributed by atoms with Crippen LogP contribution in [0.4, 0.5) is 18.9 Å². The lowest BCUT2D eigenvalue weighted by molar-refractivity contribution is -0.139. The number of rotatable bonds is 6. The van der Waals surface area contributed by atoms with Gasteiger partial charge in [-0.25, -0.2) is 0 Å². The largest absolute Gasteiger partial charge is 0.488 e. The maximum atomic E-state index is 13.2. The number of piperidine rings is 1. The summed E-state index contributed by atoms with van der Waals surface area (Å²) in [7, 11) is 0. The zero-order valence-electron chi connectivity index (χ0n) is 17.9. The number of carbonyl (C=O) groups excluding carboxylic acids is 1. The minimum atomic E-state index is -4.47. The molecule has 1 aliphatic rings. The Bertz CT molecular complexity index is 1070. The van der Waals surface area contributed by atoms with E-state index < -0.39 is 11.7 Å². The molecule has 3 aromatic rings. The zero-order valence-corrected chi connectivity index (χ0v) is 17.9. The summed E-state index contributed by atoms with van der Waals surface area (Å²) in [6.45, 7) is 1.43. The molecule has 2 unspecified atom stereocenters. The lowest BCUT2D eigenvalue weighted by atomic mass is 9.80. The van der Waals surface area contributed by atoms with Crippen molar-refractivity contribution in [1.82, 2.24) is 5.32 Å². The number of carbonyl (C=O) groups is 1. The fraction of sp³-hybridized carbons (Fsp3) is 0.269. The second-order valence-corrected chi connectivity index (χ2v) is 8.09. The second-order valence-electron chi connectivity index (χ2n) is 8.09. The summed E-state index contributed by atoms with van der Waals surface area (Å²) >= 11 is 0. The first-order valence-corrected chi connectivity index (χ1v) is 10.9. The van der Waals surface area contributed by atoms with Crippen LogP contribution >= 0.6 is 0 Å². The molecule has 0 spiro atoms. The van der Waals surface area contributed by atoms with Gasteiger partial charge in [0.25, 0.3) is 0 Å². The monoisotopic (exact) mass is 454 g/mol. The molecule has 3 aromatic carbocycles. The highest BCUT2D eigenvalue weighted by atomic mass is 19.4. The van der Waals surface area contributed by atoms with Crippen LogP contribution in [0.1, 0.15) is 29.0 Å². The van der Waals surface area contributed by atoms with Gasteiger partial charge in [0.15, 0.2) is 0 Å². The number of hydrogen-bond donors (Lipinski definition) is 2. The number of anilines is 1. The van der Waals surface area contributed by atoms with E-state index in [4.69, 9.17) is 4.74 Å². The van der Waals surface area contributed by atoms with Gasteiger partial charge >= 0.3 is 6.18 Å². The van der Waals surface area contributed by atoms with Gasteiger partial charge in [-0.15, -0.1) is 0 Å². The van der Waals surface area contributed by atoms with Crippen molar-refractivity contribution in [2.24, 2.45) is 5.92 Å². The average molecular weight is 454 g/mol. The summed E-state index contributed by atoms with van der Waals surface area (Å²) in [5.41, 5.74) is 1.76. The SMILES string of the molecule is O=C(Nc1ccccc1)C1CNCCC1c1ccc(COc2ccccc2C(F)(F)F)cc1. The van der Waals surface area contributed by atoms with Crippen molar-refractivity contribution in [1.29, 1.82) is 0 Å². The van der Waals surface area contributed by atoms with Crippen LogP contribution < -0.4 is 15.4 Å². The maximum absolute atomic E-state index is 13.2. The molecule has 1 saturated heterocycles. The van der Waals surface area contributed by atoms with E-state index in [0.29, 0.717) is 6.54 Å². The van der Waals surface area contributed by atoms with Gasteiger partial charge in [-0.3, -0.25) is 4.79 Å². The predicted molar refractivity (Wildman–Crippen MR) is 121 cm³/mol.